The van der Waals surface area contributed by atoms with E-state index >= 15 is 0 Å². The Balaban J connectivity index is 1.75. The summed E-state index contributed by atoms with van der Waals surface area (Å²) in [5.41, 5.74) is 1.44. The summed E-state index contributed by atoms with van der Waals surface area (Å²) in [5.74, 6) is -1.20. The molecule has 0 aliphatic heterocycles. The molecule has 2 N–H and O–H groups in total. The van der Waals surface area contributed by atoms with Gasteiger partial charge in [0.1, 0.15) is 5.41 Å². The first kappa shape index (κ1) is 15.6. The van der Waals surface area contributed by atoms with Crippen LogP contribution in [-0.2, 0) is 28.0 Å². The quantitative estimate of drug-likeness (QED) is 0.872. The van der Waals surface area contributed by atoms with Crippen molar-refractivity contribution in [1.82, 2.24) is 14.9 Å². The van der Waals surface area contributed by atoms with Crippen LogP contribution in [0.1, 0.15) is 34.5 Å². The summed E-state index contributed by atoms with van der Waals surface area (Å²) in [6.45, 7) is 2.16. The highest BCUT2D eigenvalue weighted by Crippen LogP contribution is 2.41. The Kier molecular flexibility index (Phi) is 4.12. The summed E-state index contributed by atoms with van der Waals surface area (Å²) in [7, 11) is 0. The number of aliphatic carboxylic acids is 1. The summed E-state index contributed by atoms with van der Waals surface area (Å²) < 4.78 is 3.82. The fourth-order valence-electron chi connectivity index (χ4n) is 3.10. The molecule has 1 aliphatic carbocycles. The van der Waals surface area contributed by atoms with Gasteiger partial charge in [0, 0.05) is 6.42 Å². The van der Waals surface area contributed by atoms with Gasteiger partial charge in [-0.2, -0.15) is 0 Å². The van der Waals surface area contributed by atoms with E-state index in [1.807, 2.05) is 31.2 Å². The lowest BCUT2D eigenvalue weighted by atomic mass is 9.78. The number of rotatable bonds is 5. The van der Waals surface area contributed by atoms with Crippen LogP contribution in [0.3, 0.4) is 0 Å². The van der Waals surface area contributed by atoms with E-state index in [0.29, 0.717) is 19.4 Å². The number of aryl methyl sites for hydroxylation is 2. The molecule has 1 atom stereocenters. The number of nitrogens with one attached hydrogen (secondary N) is 1. The van der Waals surface area contributed by atoms with Crippen molar-refractivity contribution in [2.75, 3.05) is 0 Å². The molecule has 0 saturated carbocycles. The number of fused-ring (bicyclic) bond motifs is 1. The Morgan fingerprint density at radius 1 is 1.39 bits per heavy atom. The zero-order valence-corrected chi connectivity index (χ0v) is 13.5. The monoisotopic (exact) mass is 331 g/mol. The summed E-state index contributed by atoms with van der Waals surface area (Å²) in [6.07, 6.45) is 1.09. The number of carbonyl (C=O) groups excluding carboxylic acids is 1. The lowest BCUT2D eigenvalue weighted by Crippen LogP contribution is -2.39. The van der Waals surface area contributed by atoms with Gasteiger partial charge >= 0.3 is 5.97 Å². The summed E-state index contributed by atoms with van der Waals surface area (Å²) in [6, 6.07) is 7.48. The van der Waals surface area contributed by atoms with Gasteiger partial charge in [-0.05, 0) is 42.4 Å². The zero-order valence-electron chi connectivity index (χ0n) is 12.7. The van der Waals surface area contributed by atoms with E-state index in [1.165, 1.54) is 11.5 Å². The number of carboxylic acids is 1. The lowest BCUT2D eigenvalue weighted by Gasteiger charge is -2.25. The number of aromatic nitrogens is 2. The normalized spacial score (nSPS) is 19.3. The van der Waals surface area contributed by atoms with Crippen molar-refractivity contribution in [3.05, 3.63) is 46.0 Å². The minimum atomic E-state index is -1.12. The molecule has 1 amide bonds. The van der Waals surface area contributed by atoms with E-state index in [9.17, 15) is 14.7 Å². The molecule has 7 heteroatoms. The maximum Gasteiger partial charge on any atom is 0.314 e. The molecular weight excluding hydrogens is 314 g/mol. The highest BCUT2D eigenvalue weighted by Gasteiger charge is 2.46. The third-order valence-corrected chi connectivity index (χ3v) is 5.24. The minimum absolute atomic E-state index is 0.0510. The SMILES string of the molecule is Cc1nnsc1CNC(=O)CC1(C(=O)O)CCc2ccccc21. The number of hydrogen-bond acceptors (Lipinski definition) is 5. The first-order valence-corrected chi connectivity index (χ1v) is 8.16. The van der Waals surface area contributed by atoms with E-state index in [4.69, 9.17) is 0 Å². The number of nitrogens with zero attached hydrogens (tertiary/aromatic N) is 2. The van der Waals surface area contributed by atoms with Gasteiger partial charge in [-0.25, -0.2) is 0 Å². The Labute approximate surface area is 137 Å². The van der Waals surface area contributed by atoms with Crippen LogP contribution in [0, 0.1) is 6.92 Å². The predicted octanol–water partition coefficient (Wildman–Crippen LogP) is 1.82. The summed E-state index contributed by atoms with van der Waals surface area (Å²) >= 11 is 1.24. The molecule has 1 heterocycles. The van der Waals surface area contributed by atoms with Gasteiger partial charge in [-0.15, -0.1) is 5.10 Å². The molecule has 1 aromatic carbocycles. The van der Waals surface area contributed by atoms with Crippen LogP contribution >= 0.6 is 11.5 Å². The van der Waals surface area contributed by atoms with Crippen LogP contribution in [0.2, 0.25) is 0 Å². The number of amides is 1. The number of carbonyl (C=O) groups is 2. The largest absolute Gasteiger partial charge is 0.481 e. The smallest absolute Gasteiger partial charge is 0.314 e. The van der Waals surface area contributed by atoms with Crippen molar-refractivity contribution < 1.29 is 14.7 Å². The van der Waals surface area contributed by atoms with E-state index in [1.54, 1.807) is 0 Å². The Morgan fingerprint density at radius 2 is 2.17 bits per heavy atom. The number of carboxylic acid groups (broad SMARTS) is 1. The van der Waals surface area contributed by atoms with Crippen LogP contribution in [0.15, 0.2) is 24.3 Å². The molecule has 23 heavy (non-hydrogen) atoms. The molecule has 1 unspecified atom stereocenters. The van der Waals surface area contributed by atoms with E-state index < -0.39 is 11.4 Å². The van der Waals surface area contributed by atoms with Crippen LogP contribution in [0.5, 0.6) is 0 Å². The predicted molar refractivity (Wildman–Crippen MR) is 85.2 cm³/mol. The topological polar surface area (TPSA) is 92.2 Å². The Hall–Kier alpha value is -2.28. The second-order valence-corrected chi connectivity index (χ2v) is 6.62. The first-order valence-electron chi connectivity index (χ1n) is 7.39. The lowest BCUT2D eigenvalue weighted by molar-refractivity contribution is -0.146. The average Bonchev–Trinajstić information content (AvgIpc) is 3.10. The van der Waals surface area contributed by atoms with Crippen molar-refractivity contribution >= 4 is 23.4 Å². The van der Waals surface area contributed by atoms with Gasteiger partial charge < -0.3 is 10.4 Å². The average molecular weight is 331 g/mol. The van der Waals surface area contributed by atoms with Gasteiger partial charge in [0.15, 0.2) is 0 Å². The maximum atomic E-state index is 12.3. The van der Waals surface area contributed by atoms with Crippen molar-refractivity contribution in [1.29, 1.82) is 0 Å². The molecule has 0 saturated heterocycles. The molecule has 3 rings (SSSR count). The maximum absolute atomic E-state index is 12.3. The molecule has 0 fully saturated rings. The molecule has 1 aromatic heterocycles. The second kappa shape index (κ2) is 6.08. The molecule has 2 aromatic rings. The summed E-state index contributed by atoms with van der Waals surface area (Å²) in [4.78, 5) is 25.1. The number of benzene rings is 1. The molecule has 0 spiro atoms. The van der Waals surface area contributed by atoms with Crippen LogP contribution < -0.4 is 5.32 Å². The molecular formula is C16H17N3O3S. The first-order chi connectivity index (χ1) is 11.0. The van der Waals surface area contributed by atoms with Gasteiger partial charge in [0.25, 0.3) is 0 Å². The molecule has 0 bridgehead atoms. The van der Waals surface area contributed by atoms with Crippen molar-refractivity contribution in [3.8, 4) is 0 Å². The highest BCUT2D eigenvalue weighted by atomic mass is 32.1. The second-order valence-electron chi connectivity index (χ2n) is 5.78. The third kappa shape index (κ3) is 2.84. The van der Waals surface area contributed by atoms with Crippen LogP contribution in [-0.4, -0.2) is 26.6 Å². The van der Waals surface area contributed by atoms with Gasteiger partial charge in [-0.3, -0.25) is 9.59 Å². The third-order valence-electron chi connectivity index (χ3n) is 4.42. The van der Waals surface area contributed by atoms with E-state index in [-0.39, 0.29) is 12.3 Å². The molecule has 1 aliphatic rings. The fraction of sp³-hybridized carbons (Fsp3) is 0.375. The number of hydrogen-bond donors (Lipinski definition) is 2. The Bertz CT molecular complexity index is 759. The van der Waals surface area contributed by atoms with Crippen LogP contribution in [0.25, 0.3) is 0 Å². The van der Waals surface area contributed by atoms with Crippen molar-refractivity contribution in [2.24, 2.45) is 0 Å². The highest BCUT2D eigenvalue weighted by molar-refractivity contribution is 7.05. The standard InChI is InChI=1S/C16H17N3O3S/c1-10-13(23-19-18-10)9-17-14(20)8-16(15(21)22)7-6-11-4-2-3-5-12(11)16/h2-5H,6-9H2,1H3,(H,17,20)(H,21,22). The minimum Gasteiger partial charge on any atom is -0.481 e. The zero-order chi connectivity index (χ0) is 16.4. The van der Waals surface area contributed by atoms with Crippen molar-refractivity contribution in [3.63, 3.8) is 0 Å². The van der Waals surface area contributed by atoms with Gasteiger partial charge in [-0.1, -0.05) is 28.8 Å². The molecule has 120 valence electrons. The molecule has 0 radical (unpaired) electrons. The van der Waals surface area contributed by atoms with E-state index in [2.05, 4.69) is 14.9 Å². The van der Waals surface area contributed by atoms with Crippen molar-refractivity contribution in [2.45, 2.75) is 38.1 Å². The fourth-order valence-corrected chi connectivity index (χ4v) is 3.67. The van der Waals surface area contributed by atoms with Gasteiger partial charge in [0.05, 0.1) is 17.1 Å². The van der Waals surface area contributed by atoms with E-state index in [0.717, 1.165) is 21.7 Å². The van der Waals surface area contributed by atoms with Crippen LogP contribution in [0.4, 0.5) is 0 Å². The van der Waals surface area contributed by atoms with Gasteiger partial charge in [0.2, 0.25) is 5.91 Å². The Morgan fingerprint density at radius 3 is 2.87 bits per heavy atom. The summed E-state index contributed by atoms with van der Waals surface area (Å²) in [5, 5.41) is 16.4. The molecule has 6 nitrogen and oxygen atoms in total.